The van der Waals surface area contributed by atoms with E-state index in [2.05, 4.69) is 11.9 Å². The zero-order valence-electron chi connectivity index (χ0n) is 12.0. The monoisotopic (exact) mass is 283 g/mol. The van der Waals surface area contributed by atoms with Crippen molar-refractivity contribution in [3.8, 4) is 0 Å². The molecule has 0 spiro atoms. The number of hydrogen-bond acceptors (Lipinski definition) is 5. The molecule has 0 atom stereocenters. The van der Waals surface area contributed by atoms with Crippen molar-refractivity contribution in [2.75, 3.05) is 14.2 Å². The first-order chi connectivity index (χ1) is 9.02. The van der Waals surface area contributed by atoms with Gasteiger partial charge in [-0.25, -0.2) is 9.78 Å². The van der Waals surface area contributed by atoms with Crippen LogP contribution in [0.4, 0.5) is 0 Å². The fourth-order valence-electron chi connectivity index (χ4n) is 2.61. The molecule has 1 fully saturated rings. The number of hydrogen-bond donors (Lipinski definition) is 0. The van der Waals surface area contributed by atoms with Gasteiger partial charge < -0.3 is 9.47 Å². The van der Waals surface area contributed by atoms with Crippen LogP contribution in [-0.2, 0) is 15.1 Å². The van der Waals surface area contributed by atoms with Gasteiger partial charge in [-0.15, -0.1) is 11.3 Å². The second kappa shape index (κ2) is 5.59. The minimum atomic E-state index is -0.365. The average Bonchev–Trinajstić information content (AvgIpc) is 2.82. The molecular formula is C14H21NO3S. The number of carbonyl (C=O) groups is 1. The predicted molar refractivity (Wildman–Crippen MR) is 74.5 cm³/mol. The molecule has 1 aliphatic rings. The number of ether oxygens (including phenoxy) is 2. The van der Waals surface area contributed by atoms with Crippen molar-refractivity contribution in [1.82, 2.24) is 4.98 Å². The highest BCUT2D eigenvalue weighted by Gasteiger charge is 2.39. The Hall–Kier alpha value is -0.940. The van der Waals surface area contributed by atoms with E-state index in [-0.39, 0.29) is 11.6 Å². The molecular weight excluding hydrogens is 262 g/mol. The van der Waals surface area contributed by atoms with Crippen LogP contribution in [0.25, 0.3) is 0 Å². The third-order valence-corrected chi connectivity index (χ3v) is 5.19. The first-order valence-corrected chi connectivity index (χ1v) is 7.45. The molecule has 0 aromatic carbocycles. The molecule has 0 amide bonds. The van der Waals surface area contributed by atoms with Crippen LogP contribution in [0, 0.1) is 12.8 Å². The second-order valence-corrected chi connectivity index (χ2v) is 6.50. The van der Waals surface area contributed by atoms with Crippen LogP contribution in [0.5, 0.6) is 0 Å². The maximum atomic E-state index is 11.7. The predicted octanol–water partition coefficient (Wildman–Crippen LogP) is 3.29. The van der Waals surface area contributed by atoms with Crippen molar-refractivity contribution in [3.63, 3.8) is 0 Å². The van der Waals surface area contributed by atoms with Crippen LogP contribution in [0.2, 0.25) is 0 Å². The van der Waals surface area contributed by atoms with Crippen molar-refractivity contribution < 1.29 is 14.3 Å². The highest BCUT2D eigenvalue weighted by atomic mass is 32.1. The Kier molecular flexibility index (Phi) is 4.26. The van der Waals surface area contributed by atoms with E-state index >= 15 is 0 Å². The molecule has 0 N–H and O–H groups in total. The molecule has 1 aliphatic carbocycles. The van der Waals surface area contributed by atoms with Crippen LogP contribution in [0.3, 0.4) is 0 Å². The van der Waals surface area contributed by atoms with E-state index in [1.165, 1.54) is 7.11 Å². The number of thiazole rings is 1. The van der Waals surface area contributed by atoms with Gasteiger partial charge in [-0.05, 0) is 38.5 Å². The summed E-state index contributed by atoms with van der Waals surface area (Å²) in [6, 6.07) is 0. The largest absolute Gasteiger partial charge is 0.464 e. The third kappa shape index (κ3) is 2.67. The van der Waals surface area contributed by atoms with Crippen molar-refractivity contribution in [2.24, 2.45) is 5.92 Å². The summed E-state index contributed by atoms with van der Waals surface area (Å²) < 4.78 is 10.6. The Morgan fingerprint density at radius 1 is 1.37 bits per heavy atom. The van der Waals surface area contributed by atoms with Crippen LogP contribution in [0.1, 0.15) is 53.0 Å². The lowest BCUT2D eigenvalue weighted by atomic mass is 9.80. The Bertz CT molecular complexity index is 461. The van der Waals surface area contributed by atoms with Gasteiger partial charge in [0.25, 0.3) is 0 Å². The first kappa shape index (κ1) is 14.5. The number of aryl methyl sites for hydroxylation is 1. The van der Waals surface area contributed by atoms with E-state index in [1.807, 2.05) is 6.92 Å². The van der Waals surface area contributed by atoms with Gasteiger partial charge in [0.2, 0.25) is 0 Å². The minimum absolute atomic E-state index is 0.311. The van der Waals surface area contributed by atoms with Crippen molar-refractivity contribution in [3.05, 3.63) is 15.6 Å². The van der Waals surface area contributed by atoms with Gasteiger partial charge in [0.1, 0.15) is 10.6 Å². The second-order valence-electron chi connectivity index (χ2n) is 5.30. The normalized spacial score (nSPS) is 27.3. The molecule has 2 rings (SSSR count). The van der Waals surface area contributed by atoms with Gasteiger partial charge >= 0.3 is 5.97 Å². The topological polar surface area (TPSA) is 48.4 Å². The lowest BCUT2D eigenvalue weighted by Gasteiger charge is -2.36. The maximum absolute atomic E-state index is 11.7. The summed E-state index contributed by atoms with van der Waals surface area (Å²) in [6.07, 6.45) is 4.22. The molecule has 0 unspecified atom stereocenters. The fourth-order valence-corrected chi connectivity index (χ4v) is 3.74. The number of esters is 1. The summed E-state index contributed by atoms with van der Waals surface area (Å²) in [4.78, 5) is 17.0. The SMILES string of the molecule is COC(=O)c1nc(C2(OC)CCC(C)CC2)sc1C. The van der Waals surface area contributed by atoms with E-state index in [0.717, 1.165) is 41.5 Å². The smallest absolute Gasteiger partial charge is 0.357 e. The summed E-state index contributed by atoms with van der Waals surface area (Å²) in [5.74, 6) is 0.375. The zero-order chi connectivity index (χ0) is 14.0. The van der Waals surface area contributed by atoms with E-state index in [4.69, 9.17) is 9.47 Å². The van der Waals surface area contributed by atoms with Crippen LogP contribution < -0.4 is 0 Å². The van der Waals surface area contributed by atoms with Gasteiger partial charge in [-0.3, -0.25) is 0 Å². The Labute approximate surface area is 118 Å². The molecule has 1 aromatic rings. The molecule has 0 aliphatic heterocycles. The molecule has 4 nitrogen and oxygen atoms in total. The van der Waals surface area contributed by atoms with Gasteiger partial charge in [0.05, 0.1) is 7.11 Å². The lowest BCUT2D eigenvalue weighted by molar-refractivity contribution is -0.0531. The highest BCUT2D eigenvalue weighted by Crippen LogP contribution is 2.43. The van der Waals surface area contributed by atoms with E-state index < -0.39 is 0 Å². The quantitative estimate of drug-likeness (QED) is 0.799. The highest BCUT2D eigenvalue weighted by molar-refractivity contribution is 7.12. The maximum Gasteiger partial charge on any atom is 0.357 e. The number of nitrogens with zero attached hydrogens (tertiary/aromatic N) is 1. The summed E-state index contributed by atoms with van der Waals surface area (Å²) in [5.41, 5.74) is 0.117. The Balaban J connectivity index is 2.31. The third-order valence-electron chi connectivity index (χ3n) is 4.04. The standard InChI is InChI=1S/C14H21NO3S/c1-9-5-7-14(18-4,8-6-9)13-15-11(10(2)19-13)12(16)17-3/h9H,5-8H2,1-4H3. The molecule has 106 valence electrons. The van der Waals surface area contributed by atoms with Gasteiger partial charge in [-0.2, -0.15) is 0 Å². The Morgan fingerprint density at radius 2 is 2.00 bits per heavy atom. The van der Waals surface area contributed by atoms with Crippen molar-refractivity contribution >= 4 is 17.3 Å². The molecule has 1 aromatic heterocycles. The summed E-state index contributed by atoms with van der Waals surface area (Å²) >= 11 is 1.55. The summed E-state index contributed by atoms with van der Waals surface area (Å²) in [6.45, 7) is 4.18. The van der Waals surface area contributed by atoms with Crippen LogP contribution in [-0.4, -0.2) is 25.2 Å². The number of rotatable bonds is 3. The number of aromatic nitrogens is 1. The van der Waals surface area contributed by atoms with E-state index in [0.29, 0.717) is 5.69 Å². The molecule has 5 heteroatoms. The molecule has 19 heavy (non-hydrogen) atoms. The summed E-state index contributed by atoms with van der Waals surface area (Å²) in [7, 11) is 3.12. The van der Waals surface area contributed by atoms with Gasteiger partial charge in [-0.1, -0.05) is 6.92 Å². The van der Waals surface area contributed by atoms with Crippen LogP contribution >= 0.6 is 11.3 Å². The zero-order valence-corrected chi connectivity index (χ0v) is 12.8. The molecule has 0 bridgehead atoms. The molecule has 1 heterocycles. The lowest BCUT2D eigenvalue weighted by Crippen LogP contribution is -2.33. The summed E-state index contributed by atoms with van der Waals surface area (Å²) in [5, 5.41) is 0.916. The fraction of sp³-hybridized carbons (Fsp3) is 0.714. The van der Waals surface area contributed by atoms with Crippen molar-refractivity contribution in [1.29, 1.82) is 0 Å². The van der Waals surface area contributed by atoms with Gasteiger partial charge in [0, 0.05) is 12.0 Å². The molecule has 0 saturated heterocycles. The minimum Gasteiger partial charge on any atom is -0.464 e. The number of carbonyl (C=O) groups excluding carboxylic acids is 1. The van der Waals surface area contributed by atoms with Crippen LogP contribution in [0.15, 0.2) is 0 Å². The number of methoxy groups -OCH3 is 2. The van der Waals surface area contributed by atoms with E-state index in [1.54, 1.807) is 18.4 Å². The Morgan fingerprint density at radius 3 is 2.53 bits per heavy atom. The average molecular weight is 283 g/mol. The first-order valence-electron chi connectivity index (χ1n) is 6.64. The van der Waals surface area contributed by atoms with Gasteiger partial charge in [0.15, 0.2) is 5.69 Å². The molecule has 0 radical (unpaired) electrons. The van der Waals surface area contributed by atoms with E-state index in [9.17, 15) is 4.79 Å². The van der Waals surface area contributed by atoms with Crippen molar-refractivity contribution in [2.45, 2.75) is 45.1 Å². The molecule has 1 saturated carbocycles.